The Labute approximate surface area is 327 Å². The van der Waals surface area contributed by atoms with Crippen molar-refractivity contribution in [1.29, 1.82) is 0 Å². The van der Waals surface area contributed by atoms with Gasteiger partial charge in [0.25, 0.3) is 0 Å². The molecule has 0 radical (unpaired) electrons. The molecule has 20 heteroatoms. The molecule has 20 nitrogen and oxygen atoms in total. The third kappa shape index (κ3) is 13.6. The SMILES string of the molecule is CC(C)CC1O[C@H](CO)[C@@H](O)[C@H](O)[C@H]1O.CC(C)C[C@@H]1O[C@H](CO)C(O[C@@H]2O[C@H](CO)[C@@H](O)[C@H](O)[C@H]2O)[C@H](O)[C@H]1O.CO[C@@H]1OC(CC(C)C)[C@H](O)[C@@H](O)[C@@H]1O. The summed E-state index contributed by atoms with van der Waals surface area (Å²) >= 11 is 0. The van der Waals surface area contributed by atoms with Gasteiger partial charge in [-0.15, -0.1) is 0 Å². The lowest BCUT2D eigenvalue weighted by Crippen LogP contribution is -2.64. The zero-order valence-corrected chi connectivity index (χ0v) is 33.2. The highest BCUT2D eigenvalue weighted by atomic mass is 16.7. The maximum absolute atomic E-state index is 10.4. The molecule has 4 fully saturated rings. The minimum atomic E-state index is -1.66. The molecule has 0 aliphatic carbocycles. The van der Waals surface area contributed by atoms with Crippen LogP contribution in [0.2, 0.25) is 0 Å². The van der Waals surface area contributed by atoms with Crippen LogP contribution in [0, 0.1) is 17.8 Å². The molecule has 4 aliphatic heterocycles. The first-order chi connectivity index (χ1) is 26.1. The minimum absolute atomic E-state index is 0.184. The van der Waals surface area contributed by atoms with Crippen LogP contribution in [0.5, 0.6) is 0 Å². The lowest BCUT2D eigenvalue weighted by molar-refractivity contribution is -0.342. The van der Waals surface area contributed by atoms with E-state index in [0.717, 1.165) is 0 Å². The molecule has 0 aromatic rings. The van der Waals surface area contributed by atoms with Gasteiger partial charge in [0.05, 0.1) is 38.1 Å². The highest BCUT2D eigenvalue weighted by Crippen LogP contribution is 2.31. The molecule has 4 aliphatic rings. The Morgan fingerprint density at radius 2 is 0.679 bits per heavy atom. The first-order valence-corrected chi connectivity index (χ1v) is 19.3. The van der Waals surface area contributed by atoms with Gasteiger partial charge >= 0.3 is 0 Å². The molecule has 0 bridgehead atoms. The third-order valence-electron chi connectivity index (χ3n) is 10.1. The second-order valence-electron chi connectivity index (χ2n) is 16.2. The Bertz CT molecular complexity index is 1020. The highest BCUT2D eigenvalue weighted by Gasteiger charge is 2.50. The molecular formula is C36H70O20. The molecule has 0 amide bonds. The largest absolute Gasteiger partial charge is 0.394 e. The topological polar surface area (TPSA) is 339 Å². The van der Waals surface area contributed by atoms with Gasteiger partial charge in [0, 0.05) is 7.11 Å². The van der Waals surface area contributed by atoms with E-state index in [1.807, 2.05) is 41.5 Å². The van der Waals surface area contributed by atoms with E-state index in [4.69, 9.17) is 33.5 Å². The fourth-order valence-corrected chi connectivity index (χ4v) is 6.93. The Balaban J connectivity index is 0.000000310. The lowest BCUT2D eigenvalue weighted by Gasteiger charge is -2.46. The fourth-order valence-electron chi connectivity index (χ4n) is 6.93. The summed E-state index contributed by atoms with van der Waals surface area (Å²) in [6.45, 7) is 10.3. The van der Waals surface area contributed by atoms with E-state index >= 15 is 0 Å². The smallest absolute Gasteiger partial charge is 0.187 e. The number of aliphatic hydroxyl groups excluding tert-OH is 14. The number of methoxy groups -OCH3 is 1. The Hall–Kier alpha value is -0.800. The first-order valence-electron chi connectivity index (χ1n) is 19.3. The first kappa shape index (κ1) is 51.3. The van der Waals surface area contributed by atoms with Crippen molar-refractivity contribution >= 4 is 0 Å². The van der Waals surface area contributed by atoms with Gasteiger partial charge < -0.3 is 99.9 Å². The molecule has 4 heterocycles. The summed E-state index contributed by atoms with van der Waals surface area (Å²) in [5.74, 6) is 0.833. The van der Waals surface area contributed by atoms with Crippen LogP contribution in [0.3, 0.4) is 0 Å². The normalized spacial score (nSPS) is 44.6. The average molecular weight is 823 g/mol. The van der Waals surface area contributed by atoms with Crippen LogP contribution in [0.4, 0.5) is 0 Å². The van der Waals surface area contributed by atoms with Gasteiger partial charge in [-0.1, -0.05) is 41.5 Å². The summed E-state index contributed by atoms with van der Waals surface area (Å²) in [7, 11) is 1.39. The monoisotopic (exact) mass is 822 g/mol. The van der Waals surface area contributed by atoms with Crippen LogP contribution in [0.1, 0.15) is 60.8 Å². The predicted octanol–water partition coefficient (Wildman–Crippen LogP) is -4.94. The van der Waals surface area contributed by atoms with Gasteiger partial charge in [0.2, 0.25) is 0 Å². The zero-order valence-electron chi connectivity index (χ0n) is 33.2. The maximum Gasteiger partial charge on any atom is 0.187 e. The second kappa shape index (κ2) is 23.8. The van der Waals surface area contributed by atoms with Gasteiger partial charge in [0.1, 0.15) is 91.6 Å². The number of ether oxygens (including phenoxy) is 6. The quantitative estimate of drug-likeness (QED) is 0.0877. The van der Waals surface area contributed by atoms with Crippen molar-refractivity contribution in [2.24, 2.45) is 17.8 Å². The van der Waals surface area contributed by atoms with Gasteiger partial charge in [0.15, 0.2) is 12.6 Å². The van der Waals surface area contributed by atoms with E-state index in [0.29, 0.717) is 31.1 Å². The van der Waals surface area contributed by atoms with E-state index in [-0.39, 0.29) is 12.5 Å². The Morgan fingerprint density at radius 1 is 0.375 bits per heavy atom. The highest BCUT2D eigenvalue weighted by molar-refractivity contribution is 4.96. The van der Waals surface area contributed by atoms with E-state index in [1.165, 1.54) is 7.11 Å². The van der Waals surface area contributed by atoms with Crippen LogP contribution < -0.4 is 0 Å². The molecule has 3 unspecified atom stereocenters. The van der Waals surface area contributed by atoms with Crippen LogP contribution in [0.25, 0.3) is 0 Å². The predicted molar refractivity (Wildman–Crippen MR) is 192 cm³/mol. The molecule has 20 atom stereocenters. The number of hydrogen-bond acceptors (Lipinski definition) is 20. The van der Waals surface area contributed by atoms with Gasteiger partial charge in [-0.2, -0.15) is 0 Å². The molecule has 0 aromatic carbocycles. The number of hydrogen-bond donors (Lipinski definition) is 14. The molecule has 0 saturated carbocycles. The summed E-state index contributed by atoms with van der Waals surface area (Å²) < 4.78 is 31.9. The van der Waals surface area contributed by atoms with Gasteiger partial charge in [-0.05, 0) is 37.0 Å². The summed E-state index contributed by atoms with van der Waals surface area (Å²) in [5.41, 5.74) is 0. The molecule has 334 valence electrons. The summed E-state index contributed by atoms with van der Waals surface area (Å²) in [5, 5.41) is 135. The van der Waals surface area contributed by atoms with Crippen LogP contribution in [-0.2, 0) is 28.4 Å². The molecule has 4 rings (SSSR count). The molecule has 4 saturated heterocycles. The molecule has 0 spiro atoms. The summed E-state index contributed by atoms with van der Waals surface area (Å²) in [6, 6.07) is 0. The zero-order chi connectivity index (χ0) is 42.8. The average Bonchev–Trinajstić information content (AvgIpc) is 3.15. The fraction of sp³-hybridized carbons (Fsp3) is 1.00. The van der Waals surface area contributed by atoms with E-state index in [2.05, 4.69) is 0 Å². The van der Waals surface area contributed by atoms with Crippen LogP contribution in [0.15, 0.2) is 0 Å². The van der Waals surface area contributed by atoms with Crippen molar-refractivity contribution in [3.05, 3.63) is 0 Å². The Kier molecular flexibility index (Phi) is 21.9. The van der Waals surface area contributed by atoms with Crippen molar-refractivity contribution < 1.29 is 99.9 Å². The summed E-state index contributed by atoms with van der Waals surface area (Å²) in [6.07, 6.45) is -21.3. The van der Waals surface area contributed by atoms with E-state index < -0.39 is 136 Å². The van der Waals surface area contributed by atoms with Gasteiger partial charge in [-0.25, -0.2) is 0 Å². The van der Waals surface area contributed by atoms with Crippen molar-refractivity contribution in [2.45, 2.75) is 183 Å². The van der Waals surface area contributed by atoms with E-state index in [9.17, 15) is 66.4 Å². The Morgan fingerprint density at radius 3 is 1.07 bits per heavy atom. The maximum atomic E-state index is 10.4. The second-order valence-corrected chi connectivity index (χ2v) is 16.2. The lowest BCUT2D eigenvalue weighted by atomic mass is 9.90. The van der Waals surface area contributed by atoms with Crippen molar-refractivity contribution in [3.8, 4) is 0 Å². The molecule has 0 aromatic heterocycles. The standard InChI is InChI=1S/C16H30O10.2C10H20O5/c1-6(2)3-7-10(19)13(22)15(9(5-18)24-7)26-16-14(23)12(21)11(20)8(4-17)25-16;1-5(2)4-6-7(11)8(12)9(13)10(14-3)15-6;1-5(2)3-6-8(12)10(14)9(13)7(4-11)15-6/h6-23H,3-5H2,1-2H3;5-13H,4H2,1-3H3;5-14H,3-4H2,1-2H3/t7-,8+,9+,10-,11+,12-,13+,14+,15?,16-;6?,7-,8+,9-,10+;6?,7-,8+,9-,10-/m001/s1. The van der Waals surface area contributed by atoms with Gasteiger partial charge in [-0.3, -0.25) is 0 Å². The number of aliphatic hydroxyl groups is 14. The summed E-state index contributed by atoms with van der Waals surface area (Å²) in [4.78, 5) is 0. The molecule has 14 N–H and O–H groups in total. The van der Waals surface area contributed by atoms with Crippen molar-refractivity contribution in [1.82, 2.24) is 0 Å². The molecular weight excluding hydrogens is 752 g/mol. The van der Waals surface area contributed by atoms with Crippen LogP contribution in [-0.4, -0.2) is 221 Å². The van der Waals surface area contributed by atoms with Crippen LogP contribution >= 0.6 is 0 Å². The van der Waals surface area contributed by atoms with Crippen molar-refractivity contribution in [3.63, 3.8) is 0 Å². The minimum Gasteiger partial charge on any atom is -0.394 e. The third-order valence-corrected chi connectivity index (χ3v) is 10.1. The molecule has 56 heavy (non-hydrogen) atoms. The number of rotatable bonds is 12. The van der Waals surface area contributed by atoms with Crippen molar-refractivity contribution in [2.75, 3.05) is 26.9 Å². The van der Waals surface area contributed by atoms with E-state index in [1.54, 1.807) is 0 Å².